The maximum Gasteiger partial charge on any atom is 0.325 e. The summed E-state index contributed by atoms with van der Waals surface area (Å²) in [5, 5.41) is 2.83. The van der Waals surface area contributed by atoms with Gasteiger partial charge in [-0.3, -0.25) is 9.69 Å². The van der Waals surface area contributed by atoms with Gasteiger partial charge in [0, 0.05) is 7.05 Å². The first-order chi connectivity index (χ1) is 10.6. The first-order valence-corrected chi connectivity index (χ1v) is 6.90. The number of carbonyl (C=O) groups is 2. The fraction of sp³-hybridized carbons (Fsp3) is 0.176. The molecule has 0 bridgehead atoms. The summed E-state index contributed by atoms with van der Waals surface area (Å²) >= 11 is 0. The number of hydrogen-bond acceptors (Lipinski definition) is 3. The average Bonchev–Trinajstić information content (AvgIpc) is 2.81. The van der Waals surface area contributed by atoms with Crippen LogP contribution in [0.15, 0.2) is 54.6 Å². The zero-order chi connectivity index (χ0) is 15.7. The van der Waals surface area contributed by atoms with Crippen LogP contribution in [-0.4, -0.2) is 31.0 Å². The third-order valence-electron chi connectivity index (χ3n) is 3.95. The van der Waals surface area contributed by atoms with Crippen LogP contribution in [-0.2, 0) is 10.3 Å². The lowest BCUT2D eigenvalue weighted by atomic mass is 9.82. The van der Waals surface area contributed by atoms with Crippen molar-refractivity contribution in [3.8, 4) is 5.75 Å². The van der Waals surface area contributed by atoms with Gasteiger partial charge in [0.25, 0.3) is 5.91 Å². The normalized spacial score (nSPS) is 20.9. The summed E-state index contributed by atoms with van der Waals surface area (Å²) < 4.78 is 5.16. The van der Waals surface area contributed by atoms with Crippen LogP contribution in [0, 0.1) is 0 Å². The van der Waals surface area contributed by atoms with Crippen LogP contribution in [0.1, 0.15) is 11.1 Å². The van der Waals surface area contributed by atoms with Crippen molar-refractivity contribution >= 4 is 11.9 Å². The van der Waals surface area contributed by atoms with Gasteiger partial charge < -0.3 is 10.1 Å². The summed E-state index contributed by atoms with van der Waals surface area (Å²) in [7, 11) is 3.06. The van der Waals surface area contributed by atoms with Crippen molar-refractivity contribution in [3.63, 3.8) is 0 Å². The highest BCUT2D eigenvalue weighted by Crippen LogP contribution is 2.36. The van der Waals surface area contributed by atoms with Crippen LogP contribution in [0.4, 0.5) is 4.79 Å². The van der Waals surface area contributed by atoms with Crippen LogP contribution in [0.5, 0.6) is 5.75 Å². The van der Waals surface area contributed by atoms with E-state index in [1.165, 1.54) is 7.05 Å². The minimum Gasteiger partial charge on any atom is -0.497 e. The number of methoxy groups -OCH3 is 1. The van der Waals surface area contributed by atoms with Gasteiger partial charge in [-0.1, -0.05) is 42.5 Å². The summed E-state index contributed by atoms with van der Waals surface area (Å²) in [5.41, 5.74) is 0.226. The van der Waals surface area contributed by atoms with Crippen molar-refractivity contribution < 1.29 is 14.3 Å². The Morgan fingerprint density at radius 1 is 0.955 bits per heavy atom. The molecule has 0 saturated carbocycles. The van der Waals surface area contributed by atoms with Gasteiger partial charge in [0.05, 0.1) is 7.11 Å². The van der Waals surface area contributed by atoms with Gasteiger partial charge in [0.2, 0.25) is 0 Å². The van der Waals surface area contributed by atoms with Crippen LogP contribution in [0.25, 0.3) is 0 Å². The molecule has 0 unspecified atom stereocenters. The predicted octanol–water partition coefficient (Wildman–Crippen LogP) is 2.12. The van der Waals surface area contributed by atoms with E-state index in [2.05, 4.69) is 5.32 Å². The van der Waals surface area contributed by atoms with Crippen LogP contribution in [0.2, 0.25) is 0 Å². The van der Waals surface area contributed by atoms with E-state index in [4.69, 9.17) is 4.74 Å². The van der Waals surface area contributed by atoms with Crippen LogP contribution >= 0.6 is 0 Å². The highest BCUT2D eigenvalue weighted by Gasteiger charge is 2.52. The number of imide groups is 1. The molecule has 112 valence electrons. The molecule has 0 aromatic heterocycles. The van der Waals surface area contributed by atoms with E-state index in [-0.39, 0.29) is 5.91 Å². The number of nitrogens with zero attached hydrogens (tertiary/aromatic N) is 1. The zero-order valence-electron chi connectivity index (χ0n) is 12.4. The predicted molar refractivity (Wildman–Crippen MR) is 81.5 cm³/mol. The molecular weight excluding hydrogens is 280 g/mol. The largest absolute Gasteiger partial charge is 0.497 e. The maximum atomic E-state index is 12.8. The number of carbonyl (C=O) groups excluding carboxylic acids is 2. The number of urea groups is 1. The Balaban J connectivity index is 2.20. The first-order valence-electron chi connectivity index (χ1n) is 6.90. The number of benzene rings is 2. The monoisotopic (exact) mass is 296 g/mol. The Labute approximate surface area is 128 Å². The third kappa shape index (κ3) is 1.94. The smallest absolute Gasteiger partial charge is 0.325 e. The van der Waals surface area contributed by atoms with Gasteiger partial charge in [-0.2, -0.15) is 0 Å². The molecule has 0 spiro atoms. The molecule has 0 radical (unpaired) electrons. The average molecular weight is 296 g/mol. The molecule has 1 N–H and O–H groups in total. The molecule has 1 fully saturated rings. The number of nitrogens with one attached hydrogen (secondary N) is 1. The summed E-state index contributed by atoms with van der Waals surface area (Å²) in [6, 6.07) is 16.0. The fourth-order valence-corrected chi connectivity index (χ4v) is 2.73. The van der Waals surface area contributed by atoms with Gasteiger partial charge in [0.1, 0.15) is 5.75 Å². The summed E-state index contributed by atoms with van der Waals surface area (Å²) in [4.78, 5) is 26.0. The molecule has 1 saturated heterocycles. The highest BCUT2D eigenvalue weighted by molar-refractivity contribution is 6.09. The standard InChI is InChI=1S/C17H16N2O3/c1-19-15(20)17(18-16(19)21,12-6-4-3-5-7-12)13-8-10-14(22-2)11-9-13/h3-11H,1-2H3,(H,18,21)/t17-/m0/s1. The molecule has 5 heteroatoms. The van der Waals surface area contributed by atoms with Gasteiger partial charge in [0.15, 0.2) is 5.54 Å². The van der Waals surface area contributed by atoms with Crippen molar-refractivity contribution in [2.45, 2.75) is 5.54 Å². The summed E-state index contributed by atoms with van der Waals surface area (Å²) in [6.45, 7) is 0. The molecule has 3 amide bonds. The Morgan fingerprint density at radius 2 is 1.55 bits per heavy atom. The minimum absolute atomic E-state index is 0.297. The van der Waals surface area contributed by atoms with Crippen molar-refractivity contribution in [2.75, 3.05) is 14.2 Å². The fourth-order valence-electron chi connectivity index (χ4n) is 2.73. The second kappa shape index (κ2) is 5.18. The van der Waals surface area contributed by atoms with E-state index in [1.54, 1.807) is 31.4 Å². The molecule has 1 heterocycles. The quantitative estimate of drug-likeness (QED) is 0.883. The first kappa shape index (κ1) is 14.1. The Hall–Kier alpha value is -2.82. The summed E-state index contributed by atoms with van der Waals surface area (Å²) in [6.07, 6.45) is 0. The van der Waals surface area contributed by atoms with Crippen LogP contribution < -0.4 is 10.1 Å². The molecule has 2 aromatic carbocycles. The molecule has 5 nitrogen and oxygen atoms in total. The van der Waals surface area contributed by atoms with Crippen LogP contribution in [0.3, 0.4) is 0 Å². The topological polar surface area (TPSA) is 58.6 Å². The number of ether oxygens (including phenoxy) is 1. The lowest BCUT2D eigenvalue weighted by molar-refractivity contribution is -0.129. The van der Waals surface area contributed by atoms with Crippen molar-refractivity contribution in [2.24, 2.45) is 0 Å². The van der Waals surface area contributed by atoms with Crippen molar-refractivity contribution in [3.05, 3.63) is 65.7 Å². The number of amides is 3. The van der Waals surface area contributed by atoms with Gasteiger partial charge in [-0.15, -0.1) is 0 Å². The molecule has 1 atom stereocenters. The van der Waals surface area contributed by atoms with Gasteiger partial charge in [-0.25, -0.2) is 4.79 Å². The van der Waals surface area contributed by atoms with E-state index in [0.717, 1.165) is 10.5 Å². The highest BCUT2D eigenvalue weighted by atomic mass is 16.5. The Bertz CT molecular complexity index is 712. The number of hydrogen-bond donors (Lipinski definition) is 1. The van der Waals surface area contributed by atoms with Gasteiger partial charge >= 0.3 is 6.03 Å². The maximum absolute atomic E-state index is 12.8. The molecule has 2 aromatic rings. The molecular formula is C17H16N2O3. The van der Waals surface area contributed by atoms with E-state index in [0.29, 0.717) is 11.3 Å². The molecule has 0 aliphatic carbocycles. The molecule has 3 rings (SSSR count). The van der Waals surface area contributed by atoms with E-state index in [9.17, 15) is 9.59 Å². The number of rotatable bonds is 3. The molecule has 1 aliphatic rings. The lowest BCUT2D eigenvalue weighted by Crippen LogP contribution is -2.44. The second-order valence-electron chi connectivity index (χ2n) is 5.14. The van der Waals surface area contributed by atoms with E-state index in [1.807, 2.05) is 30.3 Å². The Morgan fingerprint density at radius 3 is 2.05 bits per heavy atom. The lowest BCUT2D eigenvalue weighted by Gasteiger charge is -2.27. The zero-order valence-corrected chi connectivity index (χ0v) is 12.4. The second-order valence-corrected chi connectivity index (χ2v) is 5.14. The van der Waals surface area contributed by atoms with Crippen molar-refractivity contribution in [1.29, 1.82) is 0 Å². The third-order valence-corrected chi connectivity index (χ3v) is 3.95. The van der Waals surface area contributed by atoms with E-state index >= 15 is 0 Å². The Kier molecular flexibility index (Phi) is 3.33. The van der Waals surface area contributed by atoms with Gasteiger partial charge in [-0.05, 0) is 23.3 Å². The molecule has 1 aliphatic heterocycles. The molecule has 22 heavy (non-hydrogen) atoms. The minimum atomic E-state index is -1.20. The SMILES string of the molecule is COc1ccc([C@]2(c3ccccc3)NC(=O)N(C)C2=O)cc1. The van der Waals surface area contributed by atoms with Crippen molar-refractivity contribution in [1.82, 2.24) is 10.2 Å². The summed E-state index contributed by atoms with van der Waals surface area (Å²) in [5.74, 6) is 0.394. The number of likely N-dealkylation sites (N-methyl/N-ethyl adjacent to an activating group) is 1. The van der Waals surface area contributed by atoms with E-state index < -0.39 is 11.6 Å².